The summed E-state index contributed by atoms with van der Waals surface area (Å²) in [4.78, 5) is 22.1. The van der Waals surface area contributed by atoms with Gasteiger partial charge in [0.05, 0.1) is 6.54 Å². The van der Waals surface area contributed by atoms with Gasteiger partial charge >= 0.3 is 0 Å². The SMILES string of the molecule is CN=C(NCC(=O)N(C)CCc1ccccn1)NCC(C)C. The molecule has 0 bridgehead atoms. The molecule has 6 nitrogen and oxygen atoms in total. The largest absolute Gasteiger partial charge is 0.356 e. The second kappa shape index (κ2) is 9.76. The molecule has 0 aromatic carbocycles. The van der Waals surface area contributed by atoms with Gasteiger partial charge in [-0.05, 0) is 18.1 Å². The molecule has 0 fully saturated rings. The lowest BCUT2D eigenvalue weighted by atomic mass is 10.2. The maximum Gasteiger partial charge on any atom is 0.241 e. The summed E-state index contributed by atoms with van der Waals surface area (Å²) in [6, 6.07) is 5.81. The fraction of sp³-hybridized carbons (Fsp3) is 0.562. The minimum absolute atomic E-state index is 0.0310. The maximum absolute atomic E-state index is 12.1. The van der Waals surface area contributed by atoms with Crippen LogP contribution < -0.4 is 10.6 Å². The molecule has 0 aliphatic rings. The van der Waals surface area contributed by atoms with Gasteiger partial charge in [-0.1, -0.05) is 19.9 Å². The second-order valence-corrected chi connectivity index (χ2v) is 5.59. The topological polar surface area (TPSA) is 69.6 Å². The van der Waals surface area contributed by atoms with E-state index >= 15 is 0 Å². The summed E-state index contributed by atoms with van der Waals surface area (Å²) in [5.74, 6) is 1.21. The first-order valence-electron chi connectivity index (χ1n) is 7.61. The summed E-state index contributed by atoms with van der Waals surface area (Å²) >= 11 is 0. The molecule has 0 saturated carbocycles. The zero-order chi connectivity index (χ0) is 16.4. The zero-order valence-corrected chi connectivity index (χ0v) is 14.0. The third kappa shape index (κ3) is 7.06. The van der Waals surface area contributed by atoms with Crippen molar-refractivity contribution in [1.29, 1.82) is 0 Å². The van der Waals surface area contributed by atoms with Gasteiger partial charge in [-0.2, -0.15) is 0 Å². The molecule has 0 spiro atoms. The van der Waals surface area contributed by atoms with Gasteiger partial charge in [-0.25, -0.2) is 0 Å². The molecule has 0 aliphatic heterocycles. The van der Waals surface area contributed by atoms with E-state index < -0.39 is 0 Å². The molecular formula is C16H27N5O. The summed E-state index contributed by atoms with van der Waals surface area (Å²) < 4.78 is 0. The minimum Gasteiger partial charge on any atom is -0.356 e. The first kappa shape index (κ1) is 17.9. The van der Waals surface area contributed by atoms with Crippen LogP contribution in [-0.4, -0.2) is 55.5 Å². The van der Waals surface area contributed by atoms with Crippen LogP contribution in [0, 0.1) is 5.92 Å². The van der Waals surface area contributed by atoms with E-state index in [1.807, 2.05) is 18.2 Å². The Kier molecular flexibility index (Phi) is 7.96. The van der Waals surface area contributed by atoms with Gasteiger partial charge in [0.25, 0.3) is 0 Å². The lowest BCUT2D eigenvalue weighted by Gasteiger charge is -2.19. The summed E-state index contributed by atoms with van der Waals surface area (Å²) in [5, 5.41) is 6.21. The van der Waals surface area contributed by atoms with E-state index in [-0.39, 0.29) is 12.5 Å². The van der Waals surface area contributed by atoms with Gasteiger partial charge in [0.2, 0.25) is 5.91 Å². The van der Waals surface area contributed by atoms with Crippen molar-refractivity contribution in [2.45, 2.75) is 20.3 Å². The van der Waals surface area contributed by atoms with E-state index in [1.54, 1.807) is 25.2 Å². The van der Waals surface area contributed by atoms with Crippen LogP contribution >= 0.6 is 0 Å². The van der Waals surface area contributed by atoms with Crippen molar-refractivity contribution in [3.05, 3.63) is 30.1 Å². The third-order valence-electron chi connectivity index (χ3n) is 3.16. The third-order valence-corrected chi connectivity index (χ3v) is 3.16. The van der Waals surface area contributed by atoms with Crippen LogP contribution in [0.4, 0.5) is 0 Å². The van der Waals surface area contributed by atoms with Gasteiger partial charge in [0, 0.05) is 45.5 Å². The number of likely N-dealkylation sites (N-methyl/N-ethyl adjacent to an activating group) is 1. The van der Waals surface area contributed by atoms with E-state index in [1.165, 1.54) is 0 Å². The number of amides is 1. The predicted molar refractivity (Wildman–Crippen MR) is 89.8 cm³/mol. The Bertz CT molecular complexity index is 473. The molecule has 1 aromatic heterocycles. The van der Waals surface area contributed by atoms with E-state index in [9.17, 15) is 4.79 Å². The number of carbonyl (C=O) groups excluding carboxylic acids is 1. The molecule has 1 aromatic rings. The highest BCUT2D eigenvalue weighted by molar-refractivity contribution is 5.86. The van der Waals surface area contributed by atoms with Crippen molar-refractivity contribution >= 4 is 11.9 Å². The molecule has 0 unspecified atom stereocenters. The Morgan fingerprint density at radius 3 is 2.73 bits per heavy atom. The summed E-state index contributed by atoms with van der Waals surface area (Å²) in [5.41, 5.74) is 0.990. The molecule has 0 atom stereocenters. The van der Waals surface area contributed by atoms with Crippen LogP contribution in [0.15, 0.2) is 29.4 Å². The van der Waals surface area contributed by atoms with Gasteiger partial charge < -0.3 is 15.5 Å². The van der Waals surface area contributed by atoms with E-state index in [4.69, 9.17) is 0 Å². The average molecular weight is 305 g/mol. The van der Waals surface area contributed by atoms with Crippen molar-refractivity contribution in [3.8, 4) is 0 Å². The number of hydrogen-bond donors (Lipinski definition) is 2. The molecule has 2 N–H and O–H groups in total. The number of aromatic nitrogens is 1. The van der Waals surface area contributed by atoms with Crippen LogP contribution in [0.2, 0.25) is 0 Å². The molecule has 122 valence electrons. The average Bonchev–Trinajstić information content (AvgIpc) is 2.53. The molecule has 6 heteroatoms. The first-order chi connectivity index (χ1) is 10.5. The Labute approximate surface area is 133 Å². The number of pyridine rings is 1. The number of nitrogens with zero attached hydrogens (tertiary/aromatic N) is 3. The van der Waals surface area contributed by atoms with E-state index in [2.05, 4.69) is 34.5 Å². The van der Waals surface area contributed by atoms with E-state index in [0.29, 0.717) is 18.4 Å². The Morgan fingerprint density at radius 2 is 2.14 bits per heavy atom. The van der Waals surface area contributed by atoms with Crippen molar-refractivity contribution < 1.29 is 4.79 Å². The lowest BCUT2D eigenvalue weighted by molar-refractivity contribution is -0.128. The number of aliphatic imine (C=N–C) groups is 1. The minimum atomic E-state index is 0.0310. The number of hydrogen-bond acceptors (Lipinski definition) is 3. The number of nitrogens with one attached hydrogen (secondary N) is 2. The smallest absolute Gasteiger partial charge is 0.241 e. The molecule has 22 heavy (non-hydrogen) atoms. The fourth-order valence-electron chi connectivity index (χ4n) is 1.77. The summed E-state index contributed by atoms with van der Waals surface area (Å²) in [7, 11) is 3.50. The Morgan fingerprint density at radius 1 is 1.36 bits per heavy atom. The zero-order valence-electron chi connectivity index (χ0n) is 14.0. The van der Waals surface area contributed by atoms with Crippen molar-refractivity contribution in [2.75, 3.05) is 33.7 Å². The predicted octanol–water partition coefficient (Wildman–Crippen LogP) is 0.903. The van der Waals surface area contributed by atoms with Gasteiger partial charge in [0.15, 0.2) is 5.96 Å². The van der Waals surface area contributed by atoms with Crippen molar-refractivity contribution in [2.24, 2.45) is 10.9 Å². The fourth-order valence-corrected chi connectivity index (χ4v) is 1.77. The molecule has 0 aliphatic carbocycles. The van der Waals surface area contributed by atoms with E-state index in [0.717, 1.165) is 18.7 Å². The summed E-state index contributed by atoms with van der Waals surface area (Å²) in [6.07, 6.45) is 2.52. The highest BCUT2D eigenvalue weighted by Crippen LogP contribution is 1.96. The van der Waals surface area contributed by atoms with Crippen LogP contribution in [0.25, 0.3) is 0 Å². The highest BCUT2D eigenvalue weighted by Gasteiger charge is 2.10. The van der Waals surface area contributed by atoms with Crippen LogP contribution in [-0.2, 0) is 11.2 Å². The molecule has 0 saturated heterocycles. The molecule has 1 heterocycles. The normalized spacial score (nSPS) is 11.4. The second-order valence-electron chi connectivity index (χ2n) is 5.59. The molecule has 1 amide bonds. The van der Waals surface area contributed by atoms with Crippen LogP contribution in [0.3, 0.4) is 0 Å². The van der Waals surface area contributed by atoms with Gasteiger partial charge in [0.1, 0.15) is 0 Å². The van der Waals surface area contributed by atoms with Crippen molar-refractivity contribution in [3.63, 3.8) is 0 Å². The summed E-state index contributed by atoms with van der Waals surface area (Å²) in [6.45, 7) is 5.95. The first-order valence-corrected chi connectivity index (χ1v) is 7.61. The lowest BCUT2D eigenvalue weighted by Crippen LogP contribution is -2.44. The number of guanidine groups is 1. The number of carbonyl (C=O) groups is 1. The maximum atomic E-state index is 12.1. The standard InChI is InChI=1S/C16H27N5O/c1-13(2)11-19-16(17-3)20-12-15(22)21(4)10-8-14-7-5-6-9-18-14/h5-7,9,13H,8,10-12H2,1-4H3,(H2,17,19,20). The highest BCUT2D eigenvalue weighted by atomic mass is 16.2. The molecule has 1 rings (SSSR count). The van der Waals surface area contributed by atoms with Crippen LogP contribution in [0.5, 0.6) is 0 Å². The van der Waals surface area contributed by atoms with Crippen LogP contribution in [0.1, 0.15) is 19.5 Å². The quantitative estimate of drug-likeness (QED) is 0.580. The Balaban J connectivity index is 2.31. The van der Waals surface area contributed by atoms with Gasteiger partial charge in [-0.3, -0.25) is 14.8 Å². The van der Waals surface area contributed by atoms with Crippen molar-refractivity contribution in [1.82, 2.24) is 20.5 Å². The molecule has 0 radical (unpaired) electrons. The molecular weight excluding hydrogens is 278 g/mol. The van der Waals surface area contributed by atoms with Gasteiger partial charge in [-0.15, -0.1) is 0 Å². The Hall–Kier alpha value is -2.11. The number of rotatable bonds is 7. The monoisotopic (exact) mass is 305 g/mol.